The molecule has 1 N–H and O–H groups in total. The number of likely N-dealkylation sites (N-methyl/N-ethyl adjacent to an activating group) is 1. The second kappa shape index (κ2) is 6.76. The van der Waals surface area contributed by atoms with Crippen LogP contribution in [-0.4, -0.2) is 42.5 Å². The quantitative estimate of drug-likeness (QED) is 0.623. The van der Waals surface area contributed by atoms with Crippen LogP contribution in [0.4, 0.5) is 0 Å². The Balaban J connectivity index is 3.58. The third-order valence-electron chi connectivity index (χ3n) is 1.49. The van der Waals surface area contributed by atoms with Crippen molar-refractivity contribution in [2.75, 3.05) is 32.3 Å². The molecule has 0 saturated carbocycles. The van der Waals surface area contributed by atoms with Gasteiger partial charge in [0.2, 0.25) is 0 Å². The number of hydrogen-bond donors (Lipinski definition) is 1. The van der Waals surface area contributed by atoms with Gasteiger partial charge < -0.3 is 10.1 Å². The monoisotopic (exact) mass is 179 g/mol. The molecule has 2 unspecified atom stereocenters. The molecule has 0 saturated heterocycles. The van der Waals surface area contributed by atoms with E-state index >= 15 is 0 Å². The first-order chi connectivity index (χ1) is 5.24. The number of ether oxygens (including phenoxy) is 1. The normalized spacial score (nSPS) is 16.3. The van der Waals surface area contributed by atoms with Crippen LogP contribution < -0.4 is 5.32 Å². The van der Waals surface area contributed by atoms with Gasteiger partial charge in [-0.25, -0.2) is 0 Å². The summed E-state index contributed by atoms with van der Waals surface area (Å²) in [5.41, 5.74) is 0. The van der Waals surface area contributed by atoms with Crippen LogP contribution in [-0.2, 0) is 15.5 Å². The van der Waals surface area contributed by atoms with Crippen LogP contribution in [0.2, 0.25) is 0 Å². The van der Waals surface area contributed by atoms with Crippen LogP contribution in [0, 0.1) is 0 Å². The van der Waals surface area contributed by atoms with Gasteiger partial charge in [-0.15, -0.1) is 0 Å². The summed E-state index contributed by atoms with van der Waals surface area (Å²) >= 11 is 0. The van der Waals surface area contributed by atoms with Gasteiger partial charge >= 0.3 is 0 Å². The van der Waals surface area contributed by atoms with Gasteiger partial charge in [0.25, 0.3) is 0 Å². The van der Waals surface area contributed by atoms with E-state index in [4.69, 9.17) is 4.74 Å². The Morgan fingerprint density at radius 2 is 2.27 bits per heavy atom. The molecule has 2 atom stereocenters. The Labute approximate surface area is 71.0 Å². The zero-order valence-corrected chi connectivity index (χ0v) is 8.24. The Hall–Kier alpha value is 0.0700. The lowest BCUT2D eigenvalue weighted by Gasteiger charge is -2.13. The van der Waals surface area contributed by atoms with Gasteiger partial charge in [-0.1, -0.05) is 6.92 Å². The third-order valence-corrected chi connectivity index (χ3v) is 2.90. The summed E-state index contributed by atoms with van der Waals surface area (Å²) in [7, 11) is 2.81. The molecule has 4 heteroatoms. The van der Waals surface area contributed by atoms with E-state index in [-0.39, 0.29) is 6.04 Å². The van der Waals surface area contributed by atoms with Crippen LogP contribution in [0.1, 0.15) is 6.92 Å². The SMILES string of the molecule is CCS(=O)CC(COC)NC. The minimum atomic E-state index is -0.701. The smallest absolute Gasteiger partial charge is 0.0624 e. The maximum atomic E-state index is 11.1. The summed E-state index contributed by atoms with van der Waals surface area (Å²) in [5, 5.41) is 3.05. The minimum Gasteiger partial charge on any atom is -0.383 e. The van der Waals surface area contributed by atoms with Gasteiger partial charge in [0.15, 0.2) is 0 Å². The largest absolute Gasteiger partial charge is 0.383 e. The third kappa shape index (κ3) is 5.35. The maximum Gasteiger partial charge on any atom is 0.0624 e. The standard InChI is InChI=1S/C7H17NO2S/c1-4-11(9)6-7(8-2)5-10-3/h7-8H,4-6H2,1-3H3. The highest BCUT2D eigenvalue weighted by Gasteiger charge is 2.08. The molecular formula is C7H17NO2S. The predicted molar refractivity (Wildman–Crippen MR) is 48.3 cm³/mol. The topological polar surface area (TPSA) is 38.3 Å². The van der Waals surface area contributed by atoms with Crippen LogP contribution in [0.15, 0.2) is 0 Å². The van der Waals surface area contributed by atoms with Crippen molar-refractivity contribution in [1.82, 2.24) is 5.32 Å². The fourth-order valence-electron chi connectivity index (χ4n) is 0.758. The summed E-state index contributed by atoms with van der Waals surface area (Å²) in [6.07, 6.45) is 0. The van der Waals surface area contributed by atoms with Crippen molar-refractivity contribution in [2.24, 2.45) is 0 Å². The molecule has 0 aromatic rings. The minimum absolute atomic E-state index is 0.223. The summed E-state index contributed by atoms with van der Waals surface area (Å²) in [4.78, 5) is 0. The first-order valence-corrected chi connectivity index (χ1v) is 5.24. The van der Waals surface area contributed by atoms with E-state index < -0.39 is 10.8 Å². The van der Waals surface area contributed by atoms with E-state index in [1.54, 1.807) is 7.11 Å². The number of nitrogens with one attached hydrogen (secondary N) is 1. The Morgan fingerprint density at radius 3 is 2.64 bits per heavy atom. The van der Waals surface area contributed by atoms with Crippen LogP contribution >= 0.6 is 0 Å². The lowest BCUT2D eigenvalue weighted by molar-refractivity contribution is 0.176. The summed E-state index contributed by atoms with van der Waals surface area (Å²) in [6.45, 7) is 2.55. The van der Waals surface area contributed by atoms with Gasteiger partial charge in [-0.3, -0.25) is 4.21 Å². The van der Waals surface area contributed by atoms with E-state index in [0.717, 1.165) is 5.75 Å². The van der Waals surface area contributed by atoms with E-state index in [1.165, 1.54) is 0 Å². The zero-order valence-electron chi connectivity index (χ0n) is 7.42. The molecule has 3 nitrogen and oxygen atoms in total. The van der Waals surface area contributed by atoms with E-state index in [2.05, 4.69) is 5.32 Å². The second-order valence-corrected chi connectivity index (χ2v) is 4.13. The van der Waals surface area contributed by atoms with Crippen LogP contribution in [0.5, 0.6) is 0 Å². The molecule has 0 aliphatic carbocycles. The lowest BCUT2D eigenvalue weighted by atomic mass is 10.4. The Kier molecular flexibility index (Phi) is 6.80. The van der Waals surface area contributed by atoms with Gasteiger partial charge in [0, 0.05) is 35.5 Å². The fourth-order valence-corrected chi connectivity index (χ4v) is 1.71. The van der Waals surface area contributed by atoms with Crippen molar-refractivity contribution in [3.8, 4) is 0 Å². The summed E-state index contributed by atoms with van der Waals surface area (Å²) < 4.78 is 16.0. The van der Waals surface area contributed by atoms with Crippen molar-refractivity contribution < 1.29 is 8.95 Å². The molecule has 0 rings (SSSR count). The van der Waals surface area contributed by atoms with Gasteiger partial charge in [0.1, 0.15) is 0 Å². The number of hydrogen-bond acceptors (Lipinski definition) is 3. The van der Waals surface area contributed by atoms with Gasteiger partial charge in [-0.2, -0.15) is 0 Å². The molecule has 0 aromatic heterocycles. The Bertz CT molecular complexity index is 119. The van der Waals surface area contributed by atoms with E-state index in [0.29, 0.717) is 12.4 Å². The highest BCUT2D eigenvalue weighted by Crippen LogP contribution is 1.89. The molecule has 0 aliphatic heterocycles. The first kappa shape index (κ1) is 11.1. The van der Waals surface area contributed by atoms with Crippen molar-refractivity contribution in [2.45, 2.75) is 13.0 Å². The molecule has 0 aromatic carbocycles. The number of rotatable bonds is 6. The fraction of sp³-hybridized carbons (Fsp3) is 1.00. The van der Waals surface area contributed by atoms with Crippen molar-refractivity contribution in [3.05, 3.63) is 0 Å². The van der Waals surface area contributed by atoms with Crippen molar-refractivity contribution in [1.29, 1.82) is 0 Å². The average Bonchev–Trinajstić information content (AvgIpc) is 2.03. The molecule has 0 aliphatic rings. The van der Waals surface area contributed by atoms with E-state index in [1.807, 2.05) is 14.0 Å². The average molecular weight is 179 g/mol. The molecule has 0 amide bonds. The van der Waals surface area contributed by atoms with Crippen LogP contribution in [0.25, 0.3) is 0 Å². The van der Waals surface area contributed by atoms with Crippen LogP contribution in [0.3, 0.4) is 0 Å². The van der Waals surface area contributed by atoms with Crippen molar-refractivity contribution >= 4 is 10.8 Å². The summed E-state index contributed by atoms with van der Waals surface area (Å²) in [5.74, 6) is 1.41. The lowest BCUT2D eigenvalue weighted by Crippen LogP contribution is -2.35. The van der Waals surface area contributed by atoms with Gasteiger partial charge in [0.05, 0.1) is 6.61 Å². The zero-order chi connectivity index (χ0) is 8.69. The molecule has 0 fully saturated rings. The molecule has 0 heterocycles. The number of methoxy groups -OCH3 is 1. The molecule has 11 heavy (non-hydrogen) atoms. The second-order valence-electron chi connectivity index (χ2n) is 2.34. The molecule has 0 radical (unpaired) electrons. The highest BCUT2D eigenvalue weighted by atomic mass is 32.2. The molecule has 0 bridgehead atoms. The molecule has 68 valence electrons. The van der Waals surface area contributed by atoms with Gasteiger partial charge in [-0.05, 0) is 7.05 Å². The highest BCUT2D eigenvalue weighted by molar-refractivity contribution is 7.84. The first-order valence-electron chi connectivity index (χ1n) is 3.75. The predicted octanol–water partition coefficient (Wildman–Crippen LogP) is -0.0106. The molecule has 0 spiro atoms. The summed E-state index contributed by atoms with van der Waals surface area (Å²) in [6, 6.07) is 0.223. The van der Waals surface area contributed by atoms with Crippen molar-refractivity contribution in [3.63, 3.8) is 0 Å². The van der Waals surface area contributed by atoms with E-state index in [9.17, 15) is 4.21 Å². The molecular weight excluding hydrogens is 162 g/mol. The maximum absolute atomic E-state index is 11.1. The Morgan fingerprint density at radius 1 is 1.64 bits per heavy atom.